The minimum Gasteiger partial charge on any atom is -0.493 e. The van der Waals surface area contributed by atoms with Gasteiger partial charge in [-0.05, 0) is 73.5 Å². The maximum atomic E-state index is 12.6. The number of aryl methyl sites for hydroxylation is 1. The fraction of sp³-hybridized carbons (Fsp3) is 0.240. The lowest BCUT2D eigenvalue weighted by atomic mass is 10.1. The van der Waals surface area contributed by atoms with E-state index in [0.717, 1.165) is 11.1 Å². The molecule has 8 nitrogen and oxygen atoms in total. The van der Waals surface area contributed by atoms with E-state index < -0.39 is 10.0 Å². The van der Waals surface area contributed by atoms with Crippen LogP contribution in [0.5, 0.6) is 17.2 Å². The van der Waals surface area contributed by atoms with E-state index in [2.05, 4.69) is 10.0 Å². The van der Waals surface area contributed by atoms with E-state index in [-0.39, 0.29) is 23.5 Å². The quantitative estimate of drug-likeness (QED) is 0.450. The summed E-state index contributed by atoms with van der Waals surface area (Å²) < 4.78 is 43.8. The molecule has 0 saturated heterocycles. The van der Waals surface area contributed by atoms with Gasteiger partial charge in [0.1, 0.15) is 5.75 Å². The third-order valence-electron chi connectivity index (χ3n) is 5.06. The Morgan fingerprint density at radius 1 is 0.941 bits per heavy atom. The molecule has 0 bridgehead atoms. The molecule has 0 aliphatic heterocycles. The summed E-state index contributed by atoms with van der Waals surface area (Å²) in [6, 6.07) is 18.1. The van der Waals surface area contributed by atoms with Gasteiger partial charge in [-0.3, -0.25) is 9.52 Å². The summed E-state index contributed by atoms with van der Waals surface area (Å²) in [6.07, 6.45) is 0. The number of amides is 1. The van der Waals surface area contributed by atoms with Gasteiger partial charge in [0.05, 0.1) is 25.2 Å². The number of anilines is 1. The van der Waals surface area contributed by atoms with E-state index >= 15 is 0 Å². The molecule has 3 aromatic rings. The fourth-order valence-electron chi connectivity index (χ4n) is 3.28. The standard InChI is InChI=1S/C25H28N2O6S/c1-17-6-5-7-20(14-17)27-34(29,30)22-11-9-21(10-12-22)33-16-25(28)26-18(2)19-8-13-23(31-3)24(15-19)32-4/h5-15,18,27H,16H2,1-4H3,(H,26,28)/t18-/m1/s1. The van der Waals surface area contributed by atoms with Crippen molar-refractivity contribution in [3.8, 4) is 17.2 Å². The molecule has 34 heavy (non-hydrogen) atoms. The second-order valence-corrected chi connectivity index (χ2v) is 9.32. The molecule has 2 N–H and O–H groups in total. The second-order valence-electron chi connectivity index (χ2n) is 7.64. The van der Waals surface area contributed by atoms with Crippen molar-refractivity contribution in [2.45, 2.75) is 24.8 Å². The van der Waals surface area contributed by atoms with Crippen LogP contribution in [0, 0.1) is 6.92 Å². The molecule has 0 unspecified atom stereocenters. The van der Waals surface area contributed by atoms with Gasteiger partial charge in [0.2, 0.25) is 0 Å². The zero-order valence-corrected chi connectivity index (χ0v) is 20.3. The van der Waals surface area contributed by atoms with Crippen LogP contribution in [-0.4, -0.2) is 35.2 Å². The zero-order chi connectivity index (χ0) is 24.7. The summed E-state index contributed by atoms with van der Waals surface area (Å²) in [5, 5.41) is 2.86. The first-order valence-corrected chi connectivity index (χ1v) is 12.0. The molecule has 0 aliphatic carbocycles. The number of carbonyl (C=O) groups excluding carboxylic acids is 1. The molecule has 180 valence electrons. The Bertz CT molecular complexity index is 1240. The van der Waals surface area contributed by atoms with Crippen LogP contribution in [0.25, 0.3) is 0 Å². The molecular weight excluding hydrogens is 456 g/mol. The van der Waals surface area contributed by atoms with Crippen LogP contribution in [-0.2, 0) is 14.8 Å². The summed E-state index contributed by atoms with van der Waals surface area (Å²) in [4.78, 5) is 12.4. The first-order chi connectivity index (χ1) is 16.2. The van der Waals surface area contributed by atoms with Crippen molar-refractivity contribution < 1.29 is 27.4 Å². The number of sulfonamides is 1. The molecular formula is C25H28N2O6S. The van der Waals surface area contributed by atoms with Crippen molar-refractivity contribution in [2.24, 2.45) is 0 Å². The first-order valence-electron chi connectivity index (χ1n) is 10.6. The number of nitrogens with one attached hydrogen (secondary N) is 2. The van der Waals surface area contributed by atoms with Crippen LogP contribution < -0.4 is 24.2 Å². The minimum atomic E-state index is -3.74. The summed E-state index contributed by atoms with van der Waals surface area (Å²) in [6.45, 7) is 3.51. The van der Waals surface area contributed by atoms with Crippen molar-refractivity contribution >= 4 is 21.6 Å². The fourth-order valence-corrected chi connectivity index (χ4v) is 4.32. The van der Waals surface area contributed by atoms with Gasteiger partial charge in [-0.1, -0.05) is 18.2 Å². The highest BCUT2D eigenvalue weighted by atomic mass is 32.2. The van der Waals surface area contributed by atoms with E-state index in [4.69, 9.17) is 14.2 Å². The smallest absolute Gasteiger partial charge is 0.261 e. The van der Waals surface area contributed by atoms with Gasteiger partial charge in [0, 0.05) is 5.69 Å². The minimum absolute atomic E-state index is 0.0906. The van der Waals surface area contributed by atoms with Crippen LogP contribution in [0.15, 0.2) is 71.6 Å². The molecule has 0 fully saturated rings. The van der Waals surface area contributed by atoms with Gasteiger partial charge in [-0.15, -0.1) is 0 Å². The number of hydrogen-bond donors (Lipinski definition) is 2. The molecule has 0 aliphatic rings. The molecule has 0 spiro atoms. The summed E-state index contributed by atoms with van der Waals surface area (Å²) in [5.41, 5.74) is 2.28. The van der Waals surface area contributed by atoms with Gasteiger partial charge >= 0.3 is 0 Å². The second kappa shape index (κ2) is 10.9. The van der Waals surface area contributed by atoms with Gasteiger partial charge < -0.3 is 19.5 Å². The normalized spacial score (nSPS) is 11.9. The SMILES string of the molecule is COc1ccc([C@@H](C)NC(=O)COc2ccc(S(=O)(=O)Nc3cccc(C)c3)cc2)cc1OC. The van der Waals surface area contributed by atoms with Crippen molar-refractivity contribution in [1.82, 2.24) is 5.32 Å². The molecule has 1 atom stereocenters. The van der Waals surface area contributed by atoms with Gasteiger partial charge in [0.25, 0.3) is 15.9 Å². The summed E-state index contributed by atoms with van der Waals surface area (Å²) in [5.74, 6) is 1.24. The van der Waals surface area contributed by atoms with Crippen LogP contribution in [0.3, 0.4) is 0 Å². The average Bonchev–Trinajstić information content (AvgIpc) is 2.82. The van der Waals surface area contributed by atoms with Crippen LogP contribution in [0.4, 0.5) is 5.69 Å². The Kier molecular flexibility index (Phi) is 8.01. The molecule has 9 heteroatoms. The van der Waals surface area contributed by atoms with Crippen molar-refractivity contribution in [3.05, 3.63) is 77.9 Å². The molecule has 3 aromatic carbocycles. The van der Waals surface area contributed by atoms with Crippen LogP contribution in [0.2, 0.25) is 0 Å². The zero-order valence-electron chi connectivity index (χ0n) is 19.5. The maximum absolute atomic E-state index is 12.6. The Labute approximate surface area is 199 Å². The van der Waals surface area contributed by atoms with E-state index in [1.807, 2.05) is 26.0 Å². The lowest BCUT2D eigenvalue weighted by Gasteiger charge is -2.17. The molecule has 0 heterocycles. The van der Waals surface area contributed by atoms with Crippen molar-refractivity contribution in [2.75, 3.05) is 25.5 Å². The van der Waals surface area contributed by atoms with Crippen LogP contribution >= 0.6 is 0 Å². The van der Waals surface area contributed by atoms with Crippen LogP contribution in [0.1, 0.15) is 24.1 Å². The third kappa shape index (κ3) is 6.41. The Balaban J connectivity index is 1.56. The Morgan fingerprint density at radius 2 is 1.65 bits per heavy atom. The third-order valence-corrected chi connectivity index (χ3v) is 6.46. The number of benzene rings is 3. The van der Waals surface area contributed by atoms with Crippen molar-refractivity contribution in [3.63, 3.8) is 0 Å². The number of methoxy groups -OCH3 is 2. The topological polar surface area (TPSA) is 103 Å². The molecule has 0 aromatic heterocycles. The highest BCUT2D eigenvalue weighted by molar-refractivity contribution is 7.92. The van der Waals surface area contributed by atoms with E-state index in [0.29, 0.717) is 22.9 Å². The van der Waals surface area contributed by atoms with Gasteiger partial charge in [0.15, 0.2) is 18.1 Å². The summed E-state index contributed by atoms with van der Waals surface area (Å²) >= 11 is 0. The predicted octanol–water partition coefficient (Wildman–Crippen LogP) is 4.07. The summed E-state index contributed by atoms with van der Waals surface area (Å²) in [7, 11) is -0.632. The van der Waals surface area contributed by atoms with Gasteiger partial charge in [-0.2, -0.15) is 0 Å². The highest BCUT2D eigenvalue weighted by Gasteiger charge is 2.16. The number of rotatable bonds is 10. The van der Waals surface area contributed by atoms with Gasteiger partial charge in [-0.25, -0.2) is 8.42 Å². The first kappa shape index (κ1) is 24.9. The van der Waals surface area contributed by atoms with Crippen molar-refractivity contribution in [1.29, 1.82) is 0 Å². The molecule has 0 radical (unpaired) electrons. The number of ether oxygens (including phenoxy) is 3. The predicted molar refractivity (Wildman–Crippen MR) is 130 cm³/mol. The number of hydrogen-bond acceptors (Lipinski definition) is 6. The monoisotopic (exact) mass is 484 g/mol. The molecule has 1 amide bonds. The Morgan fingerprint density at radius 3 is 2.29 bits per heavy atom. The maximum Gasteiger partial charge on any atom is 0.261 e. The van der Waals surface area contributed by atoms with E-state index in [9.17, 15) is 13.2 Å². The lowest BCUT2D eigenvalue weighted by Crippen LogP contribution is -2.31. The highest BCUT2D eigenvalue weighted by Crippen LogP contribution is 2.29. The Hall–Kier alpha value is -3.72. The lowest BCUT2D eigenvalue weighted by molar-refractivity contribution is -0.123. The average molecular weight is 485 g/mol. The molecule has 3 rings (SSSR count). The largest absolute Gasteiger partial charge is 0.493 e. The van der Waals surface area contributed by atoms with E-state index in [1.54, 1.807) is 44.6 Å². The number of carbonyl (C=O) groups is 1. The van der Waals surface area contributed by atoms with E-state index in [1.165, 1.54) is 24.3 Å². The molecule has 0 saturated carbocycles.